The van der Waals surface area contributed by atoms with Gasteiger partial charge in [-0.15, -0.1) is 24.0 Å². The third-order valence-electron chi connectivity index (χ3n) is 4.54. The van der Waals surface area contributed by atoms with Crippen LogP contribution in [-0.4, -0.2) is 51.6 Å². The number of guanidine groups is 1. The Morgan fingerprint density at radius 2 is 1.89 bits per heavy atom. The van der Waals surface area contributed by atoms with Crippen molar-refractivity contribution in [3.05, 3.63) is 35.4 Å². The first kappa shape index (κ1) is 25.0. The van der Waals surface area contributed by atoms with Crippen LogP contribution < -0.4 is 10.6 Å². The van der Waals surface area contributed by atoms with Gasteiger partial charge in [0, 0.05) is 33.2 Å². The minimum absolute atomic E-state index is 0. The quantitative estimate of drug-likeness (QED) is 0.346. The molecule has 1 aromatic carbocycles. The molecule has 28 heavy (non-hydrogen) atoms. The number of halogens is 4. The maximum absolute atomic E-state index is 12.8. The van der Waals surface area contributed by atoms with Crippen LogP contribution in [0.1, 0.15) is 24.0 Å². The van der Waals surface area contributed by atoms with Gasteiger partial charge in [0.1, 0.15) is 0 Å². The Balaban J connectivity index is 0.00000392. The highest BCUT2D eigenvalue weighted by Crippen LogP contribution is 2.29. The lowest BCUT2D eigenvalue weighted by molar-refractivity contribution is -0.137. The molecule has 160 valence electrons. The Morgan fingerprint density at radius 1 is 1.25 bits per heavy atom. The first-order chi connectivity index (χ1) is 12.6. The van der Waals surface area contributed by atoms with E-state index in [1.807, 2.05) is 0 Å². The average molecular weight is 534 g/mol. The molecule has 1 aliphatic rings. The molecule has 1 fully saturated rings. The Hall–Kier alpha value is -1.08. The van der Waals surface area contributed by atoms with E-state index in [1.165, 1.54) is 16.6 Å². The molecule has 6 nitrogen and oxygen atoms in total. The Kier molecular flexibility index (Phi) is 9.47. The number of rotatable bonds is 5. The third kappa shape index (κ3) is 7.74. The van der Waals surface area contributed by atoms with Crippen molar-refractivity contribution in [3.63, 3.8) is 0 Å². The molecule has 0 atom stereocenters. The summed E-state index contributed by atoms with van der Waals surface area (Å²) in [5.41, 5.74) is -0.170. The average Bonchev–Trinajstić information content (AvgIpc) is 2.61. The van der Waals surface area contributed by atoms with Gasteiger partial charge in [-0.2, -0.15) is 13.2 Å². The molecule has 1 aromatic rings. The van der Waals surface area contributed by atoms with Crippen molar-refractivity contribution >= 4 is 40.0 Å². The summed E-state index contributed by atoms with van der Waals surface area (Å²) < 4.78 is 62.8. The van der Waals surface area contributed by atoms with Gasteiger partial charge in [-0.1, -0.05) is 12.1 Å². The summed E-state index contributed by atoms with van der Waals surface area (Å²) in [6.45, 7) is 1.85. The number of hydrogen-bond acceptors (Lipinski definition) is 3. The van der Waals surface area contributed by atoms with E-state index in [0.29, 0.717) is 37.1 Å². The first-order valence-electron chi connectivity index (χ1n) is 8.65. The van der Waals surface area contributed by atoms with Gasteiger partial charge in [0.25, 0.3) is 0 Å². The van der Waals surface area contributed by atoms with Crippen molar-refractivity contribution in [1.82, 2.24) is 14.9 Å². The second-order valence-corrected chi connectivity index (χ2v) is 8.59. The molecule has 0 amide bonds. The highest BCUT2D eigenvalue weighted by atomic mass is 127. The van der Waals surface area contributed by atoms with Crippen LogP contribution in [0.15, 0.2) is 29.3 Å². The molecule has 0 spiro atoms. The van der Waals surface area contributed by atoms with Crippen LogP contribution in [-0.2, 0) is 22.7 Å². The topological polar surface area (TPSA) is 73.8 Å². The predicted molar refractivity (Wildman–Crippen MR) is 114 cm³/mol. The lowest BCUT2D eigenvalue weighted by atomic mass is 9.98. The fraction of sp³-hybridized carbons (Fsp3) is 0.588. The lowest BCUT2D eigenvalue weighted by Gasteiger charge is -2.30. The Labute approximate surface area is 181 Å². The van der Waals surface area contributed by atoms with E-state index in [1.54, 1.807) is 13.1 Å². The van der Waals surface area contributed by atoms with Crippen molar-refractivity contribution in [2.45, 2.75) is 25.6 Å². The number of sulfonamides is 1. The van der Waals surface area contributed by atoms with Gasteiger partial charge in [-0.05, 0) is 36.5 Å². The maximum atomic E-state index is 12.8. The lowest BCUT2D eigenvalue weighted by Crippen LogP contribution is -2.43. The van der Waals surface area contributed by atoms with Gasteiger partial charge in [-0.3, -0.25) is 4.99 Å². The van der Waals surface area contributed by atoms with Gasteiger partial charge in [0.05, 0.1) is 11.8 Å². The van der Waals surface area contributed by atoms with E-state index in [4.69, 9.17) is 0 Å². The van der Waals surface area contributed by atoms with Gasteiger partial charge in [-0.25, -0.2) is 12.7 Å². The highest BCUT2D eigenvalue weighted by molar-refractivity contribution is 14.0. The van der Waals surface area contributed by atoms with Crippen LogP contribution in [0.2, 0.25) is 0 Å². The molecule has 1 aliphatic heterocycles. The number of aliphatic imine (C=N–C) groups is 1. The summed E-state index contributed by atoms with van der Waals surface area (Å²) in [5, 5.41) is 6.16. The summed E-state index contributed by atoms with van der Waals surface area (Å²) >= 11 is 0. The van der Waals surface area contributed by atoms with E-state index in [-0.39, 0.29) is 30.5 Å². The first-order valence-corrected chi connectivity index (χ1v) is 10.5. The predicted octanol–water partition coefficient (Wildman–Crippen LogP) is 2.66. The number of benzene rings is 1. The Bertz CT molecular complexity index is 764. The molecular weight excluding hydrogens is 508 g/mol. The summed E-state index contributed by atoms with van der Waals surface area (Å²) in [4.78, 5) is 4.08. The van der Waals surface area contributed by atoms with E-state index >= 15 is 0 Å². The van der Waals surface area contributed by atoms with Gasteiger partial charge < -0.3 is 10.6 Å². The van der Waals surface area contributed by atoms with Crippen LogP contribution in [0.25, 0.3) is 0 Å². The van der Waals surface area contributed by atoms with Crippen LogP contribution >= 0.6 is 24.0 Å². The molecule has 0 aromatic heterocycles. The van der Waals surface area contributed by atoms with Crippen molar-refractivity contribution in [1.29, 1.82) is 0 Å². The summed E-state index contributed by atoms with van der Waals surface area (Å²) in [5.74, 6) is 0.813. The van der Waals surface area contributed by atoms with Crippen LogP contribution in [0.4, 0.5) is 13.2 Å². The summed E-state index contributed by atoms with van der Waals surface area (Å²) in [7, 11) is -1.55. The number of nitrogens with zero attached hydrogens (tertiary/aromatic N) is 2. The van der Waals surface area contributed by atoms with E-state index in [0.717, 1.165) is 25.0 Å². The Morgan fingerprint density at radius 3 is 2.43 bits per heavy atom. The largest absolute Gasteiger partial charge is 0.416 e. The smallest absolute Gasteiger partial charge is 0.356 e. The van der Waals surface area contributed by atoms with E-state index in [9.17, 15) is 21.6 Å². The number of hydrogen-bond donors (Lipinski definition) is 2. The van der Waals surface area contributed by atoms with Crippen molar-refractivity contribution in [2.24, 2.45) is 10.9 Å². The normalized spacial score (nSPS) is 17.1. The minimum Gasteiger partial charge on any atom is -0.356 e. The van der Waals surface area contributed by atoms with Crippen LogP contribution in [0.3, 0.4) is 0 Å². The molecule has 2 N–H and O–H groups in total. The number of alkyl halides is 3. The van der Waals surface area contributed by atoms with Crippen LogP contribution in [0, 0.1) is 5.92 Å². The number of nitrogens with one attached hydrogen (secondary N) is 2. The van der Waals surface area contributed by atoms with Gasteiger partial charge >= 0.3 is 6.18 Å². The standard InChI is InChI=1S/C17H25F3N4O2S.HI/c1-21-16(22-11-13-6-8-24(9-7-13)27(2,25)26)23-12-14-4-3-5-15(10-14)17(18,19)20;/h3-5,10,13H,6-9,11-12H2,1-2H3,(H2,21,22,23);1H. The summed E-state index contributed by atoms with van der Waals surface area (Å²) in [6, 6.07) is 5.16. The fourth-order valence-corrected chi connectivity index (χ4v) is 3.82. The van der Waals surface area contributed by atoms with Crippen molar-refractivity contribution < 1.29 is 21.6 Å². The molecule has 0 unspecified atom stereocenters. The molecule has 0 radical (unpaired) electrons. The third-order valence-corrected chi connectivity index (χ3v) is 5.84. The van der Waals surface area contributed by atoms with Gasteiger partial charge in [0.15, 0.2) is 5.96 Å². The zero-order valence-corrected chi connectivity index (χ0v) is 18.9. The fourth-order valence-electron chi connectivity index (χ4n) is 2.95. The minimum atomic E-state index is -4.36. The zero-order chi connectivity index (χ0) is 20.1. The second kappa shape index (κ2) is 10.6. The molecule has 1 heterocycles. The molecule has 2 rings (SSSR count). The molecular formula is C17H26F3IN4O2S. The SMILES string of the molecule is CN=C(NCc1cccc(C(F)(F)F)c1)NCC1CCN(S(C)(=O)=O)CC1.I. The molecule has 0 bridgehead atoms. The molecule has 0 aliphatic carbocycles. The molecule has 0 saturated carbocycles. The maximum Gasteiger partial charge on any atom is 0.416 e. The van der Waals surface area contributed by atoms with Crippen molar-refractivity contribution in [2.75, 3.05) is 32.9 Å². The highest BCUT2D eigenvalue weighted by Gasteiger charge is 2.30. The van der Waals surface area contributed by atoms with E-state index in [2.05, 4.69) is 15.6 Å². The zero-order valence-electron chi connectivity index (χ0n) is 15.8. The summed E-state index contributed by atoms with van der Waals surface area (Å²) in [6.07, 6.45) is -1.64. The van der Waals surface area contributed by atoms with Crippen LogP contribution in [0.5, 0.6) is 0 Å². The number of piperidine rings is 1. The van der Waals surface area contributed by atoms with E-state index < -0.39 is 21.8 Å². The van der Waals surface area contributed by atoms with Crippen molar-refractivity contribution in [3.8, 4) is 0 Å². The monoisotopic (exact) mass is 534 g/mol. The molecule has 11 heteroatoms. The molecule has 1 saturated heterocycles. The second-order valence-electron chi connectivity index (χ2n) is 6.61. The van der Waals surface area contributed by atoms with Gasteiger partial charge in [0.2, 0.25) is 10.0 Å².